The Morgan fingerprint density at radius 3 is 2.79 bits per heavy atom. The molecular formula is C18H18ClN3O2. The normalized spacial score (nSPS) is 10.8. The number of nitrogens with zero attached hydrogens (tertiary/aromatic N) is 2. The summed E-state index contributed by atoms with van der Waals surface area (Å²) in [5, 5.41) is 8.55. The van der Waals surface area contributed by atoms with Crippen molar-refractivity contribution in [1.29, 1.82) is 0 Å². The number of ether oxygens (including phenoxy) is 1. The first-order chi connectivity index (χ1) is 11.7. The van der Waals surface area contributed by atoms with E-state index >= 15 is 0 Å². The second-order valence-electron chi connectivity index (χ2n) is 5.37. The molecule has 24 heavy (non-hydrogen) atoms. The summed E-state index contributed by atoms with van der Waals surface area (Å²) in [6.07, 6.45) is 0.331. The summed E-state index contributed by atoms with van der Waals surface area (Å²) in [7, 11) is 1.62. The third kappa shape index (κ3) is 3.51. The SMILES string of the molecule is COc1ccccc1CNC(=O)CCn1nc(Cl)c2ccccc21. The number of methoxy groups -OCH3 is 1. The smallest absolute Gasteiger partial charge is 0.222 e. The lowest BCUT2D eigenvalue weighted by molar-refractivity contribution is -0.121. The predicted molar refractivity (Wildman–Crippen MR) is 94.2 cm³/mol. The maximum absolute atomic E-state index is 12.1. The third-order valence-electron chi connectivity index (χ3n) is 3.83. The molecule has 1 aromatic heterocycles. The Morgan fingerprint density at radius 1 is 1.21 bits per heavy atom. The number of carbonyl (C=O) groups excluding carboxylic acids is 1. The summed E-state index contributed by atoms with van der Waals surface area (Å²) in [5.41, 5.74) is 1.88. The zero-order chi connectivity index (χ0) is 16.9. The van der Waals surface area contributed by atoms with Crippen molar-refractivity contribution in [3.63, 3.8) is 0 Å². The molecule has 5 nitrogen and oxygen atoms in total. The first-order valence-electron chi connectivity index (χ1n) is 7.68. The first-order valence-corrected chi connectivity index (χ1v) is 8.06. The standard InChI is InChI=1S/C18H18ClN3O2/c1-24-16-9-5-2-6-13(16)12-20-17(23)10-11-22-15-8-4-3-7-14(15)18(19)21-22/h2-9H,10-12H2,1H3,(H,20,23). The van der Waals surface area contributed by atoms with Crippen LogP contribution in [0.1, 0.15) is 12.0 Å². The largest absolute Gasteiger partial charge is 0.496 e. The Balaban J connectivity index is 1.59. The van der Waals surface area contributed by atoms with Crippen molar-refractivity contribution < 1.29 is 9.53 Å². The lowest BCUT2D eigenvalue weighted by atomic mass is 10.2. The average molecular weight is 344 g/mol. The van der Waals surface area contributed by atoms with E-state index in [0.29, 0.717) is 24.7 Å². The number of rotatable bonds is 6. The number of carbonyl (C=O) groups is 1. The lowest BCUT2D eigenvalue weighted by Crippen LogP contribution is -2.24. The van der Waals surface area contributed by atoms with E-state index in [1.54, 1.807) is 11.8 Å². The van der Waals surface area contributed by atoms with Crippen LogP contribution in [0, 0.1) is 0 Å². The Morgan fingerprint density at radius 2 is 1.96 bits per heavy atom. The highest BCUT2D eigenvalue weighted by molar-refractivity contribution is 6.34. The summed E-state index contributed by atoms with van der Waals surface area (Å²) < 4.78 is 7.04. The van der Waals surface area contributed by atoms with Crippen LogP contribution in [0.2, 0.25) is 5.15 Å². The molecule has 0 saturated carbocycles. The highest BCUT2D eigenvalue weighted by atomic mass is 35.5. The Hall–Kier alpha value is -2.53. The number of nitrogens with one attached hydrogen (secondary N) is 1. The van der Waals surface area contributed by atoms with Gasteiger partial charge in [-0.3, -0.25) is 9.48 Å². The van der Waals surface area contributed by atoms with Gasteiger partial charge in [0.15, 0.2) is 5.15 Å². The van der Waals surface area contributed by atoms with Crippen LogP contribution in [0.3, 0.4) is 0 Å². The zero-order valence-electron chi connectivity index (χ0n) is 13.3. The number of halogens is 1. The molecule has 3 aromatic rings. The molecule has 1 amide bonds. The fourth-order valence-corrected chi connectivity index (χ4v) is 2.85. The van der Waals surface area contributed by atoms with Gasteiger partial charge in [0, 0.05) is 23.9 Å². The monoisotopic (exact) mass is 343 g/mol. The second kappa shape index (κ2) is 7.36. The molecule has 0 unspecified atom stereocenters. The van der Waals surface area contributed by atoms with Crippen molar-refractivity contribution in [1.82, 2.24) is 15.1 Å². The van der Waals surface area contributed by atoms with E-state index in [4.69, 9.17) is 16.3 Å². The van der Waals surface area contributed by atoms with Crippen LogP contribution in [0.25, 0.3) is 10.9 Å². The molecule has 0 aliphatic carbocycles. The van der Waals surface area contributed by atoms with Gasteiger partial charge in [-0.1, -0.05) is 41.9 Å². The maximum atomic E-state index is 12.1. The number of hydrogen-bond donors (Lipinski definition) is 1. The molecule has 1 heterocycles. The van der Waals surface area contributed by atoms with Crippen molar-refractivity contribution in [2.75, 3.05) is 7.11 Å². The molecule has 0 radical (unpaired) electrons. The molecule has 0 atom stereocenters. The lowest BCUT2D eigenvalue weighted by Gasteiger charge is -2.09. The van der Waals surface area contributed by atoms with Crippen LogP contribution in [0.15, 0.2) is 48.5 Å². The minimum Gasteiger partial charge on any atom is -0.496 e. The van der Waals surface area contributed by atoms with Gasteiger partial charge in [-0.05, 0) is 18.2 Å². The van der Waals surface area contributed by atoms with Crippen LogP contribution < -0.4 is 10.1 Å². The summed E-state index contributed by atoms with van der Waals surface area (Å²) in [5.74, 6) is 0.722. The summed E-state index contributed by atoms with van der Waals surface area (Å²) in [4.78, 5) is 12.1. The van der Waals surface area contributed by atoms with E-state index in [0.717, 1.165) is 22.2 Å². The molecule has 0 fully saturated rings. The molecule has 0 aliphatic heterocycles. The molecular weight excluding hydrogens is 326 g/mol. The highest BCUT2D eigenvalue weighted by Gasteiger charge is 2.10. The summed E-state index contributed by atoms with van der Waals surface area (Å²) in [6, 6.07) is 15.3. The van der Waals surface area contributed by atoms with Gasteiger partial charge in [0.25, 0.3) is 0 Å². The number of hydrogen-bond acceptors (Lipinski definition) is 3. The maximum Gasteiger partial charge on any atom is 0.222 e. The number of fused-ring (bicyclic) bond motifs is 1. The number of amides is 1. The average Bonchev–Trinajstić information content (AvgIpc) is 2.95. The Bertz CT molecular complexity index is 860. The van der Waals surface area contributed by atoms with Gasteiger partial charge in [0.05, 0.1) is 19.2 Å². The van der Waals surface area contributed by atoms with E-state index in [1.807, 2.05) is 48.5 Å². The van der Waals surface area contributed by atoms with Crippen molar-refractivity contribution in [2.24, 2.45) is 0 Å². The summed E-state index contributed by atoms with van der Waals surface area (Å²) >= 11 is 6.12. The van der Waals surface area contributed by atoms with Crippen LogP contribution in [0.4, 0.5) is 0 Å². The van der Waals surface area contributed by atoms with E-state index in [-0.39, 0.29) is 5.91 Å². The minimum absolute atomic E-state index is 0.0448. The van der Waals surface area contributed by atoms with Crippen molar-refractivity contribution in [3.8, 4) is 5.75 Å². The van der Waals surface area contributed by atoms with Gasteiger partial charge >= 0.3 is 0 Å². The van der Waals surface area contributed by atoms with Crippen LogP contribution in [-0.2, 0) is 17.9 Å². The van der Waals surface area contributed by atoms with Crippen LogP contribution in [0.5, 0.6) is 5.75 Å². The van der Waals surface area contributed by atoms with Gasteiger partial charge in [-0.25, -0.2) is 0 Å². The second-order valence-corrected chi connectivity index (χ2v) is 5.73. The van der Waals surface area contributed by atoms with Crippen molar-refractivity contribution in [3.05, 3.63) is 59.2 Å². The van der Waals surface area contributed by atoms with Gasteiger partial charge in [0.2, 0.25) is 5.91 Å². The first kappa shape index (κ1) is 16.3. The molecule has 0 bridgehead atoms. The van der Waals surface area contributed by atoms with Gasteiger partial charge < -0.3 is 10.1 Å². The van der Waals surface area contributed by atoms with Gasteiger partial charge in [-0.15, -0.1) is 0 Å². The predicted octanol–water partition coefficient (Wildman–Crippen LogP) is 3.40. The molecule has 0 saturated heterocycles. The number of aromatic nitrogens is 2. The molecule has 2 aromatic carbocycles. The highest BCUT2D eigenvalue weighted by Crippen LogP contribution is 2.22. The summed E-state index contributed by atoms with van der Waals surface area (Å²) in [6.45, 7) is 0.911. The van der Waals surface area contributed by atoms with Crippen LogP contribution >= 0.6 is 11.6 Å². The minimum atomic E-state index is -0.0448. The number of aryl methyl sites for hydroxylation is 1. The number of benzene rings is 2. The van der Waals surface area contributed by atoms with E-state index in [1.165, 1.54) is 0 Å². The molecule has 6 heteroatoms. The number of para-hydroxylation sites is 2. The third-order valence-corrected chi connectivity index (χ3v) is 4.11. The van der Waals surface area contributed by atoms with E-state index in [2.05, 4.69) is 10.4 Å². The molecule has 1 N–H and O–H groups in total. The molecule has 0 aliphatic rings. The van der Waals surface area contributed by atoms with Crippen LogP contribution in [-0.4, -0.2) is 22.8 Å². The Kier molecular flexibility index (Phi) is 5.01. The van der Waals surface area contributed by atoms with Gasteiger partial charge in [0.1, 0.15) is 5.75 Å². The topological polar surface area (TPSA) is 56.1 Å². The zero-order valence-corrected chi connectivity index (χ0v) is 14.1. The molecule has 3 rings (SSSR count). The van der Waals surface area contributed by atoms with E-state index in [9.17, 15) is 4.79 Å². The quantitative estimate of drug-likeness (QED) is 0.746. The fourth-order valence-electron chi connectivity index (χ4n) is 2.60. The Labute approximate surface area is 145 Å². The van der Waals surface area contributed by atoms with Crippen molar-refractivity contribution >= 4 is 28.4 Å². The van der Waals surface area contributed by atoms with Crippen molar-refractivity contribution in [2.45, 2.75) is 19.5 Å². The van der Waals surface area contributed by atoms with Gasteiger partial charge in [-0.2, -0.15) is 5.10 Å². The molecule has 0 spiro atoms. The van der Waals surface area contributed by atoms with E-state index < -0.39 is 0 Å². The molecule has 124 valence electrons. The fraction of sp³-hybridized carbons (Fsp3) is 0.222.